The van der Waals surface area contributed by atoms with Crippen LogP contribution >= 0.6 is 11.6 Å². The lowest BCUT2D eigenvalue weighted by atomic mass is 10.1. The number of benzene rings is 2. The van der Waals surface area contributed by atoms with Crippen LogP contribution in [0.2, 0.25) is 5.02 Å². The normalized spacial score (nSPS) is 19.0. The number of carbonyl (C=O) groups excluding carboxylic acids is 1. The van der Waals surface area contributed by atoms with Crippen LogP contribution in [0, 0.1) is 0 Å². The summed E-state index contributed by atoms with van der Waals surface area (Å²) in [7, 11) is 0. The van der Waals surface area contributed by atoms with Crippen molar-refractivity contribution < 1.29 is 27.9 Å². The Bertz CT molecular complexity index is 1340. The molecule has 194 valence electrons. The second-order valence-corrected chi connectivity index (χ2v) is 9.57. The van der Waals surface area contributed by atoms with Crippen LogP contribution in [0.25, 0.3) is 10.9 Å². The standard InChI is InChI=1S/C25H23ClF3N5O3/c26-17-4-1-15(2-5-17)22(35)33-11-9-32(10-12-33)18-7-8-34(14-18)21-19-13-16(23(36)37)3-6-20(19)30-24(31-21)25(27,28)29/h1-6,13,18H,7-12,14H2,(H,36,37). The Labute approximate surface area is 215 Å². The molecule has 5 rings (SSSR count). The van der Waals surface area contributed by atoms with E-state index in [2.05, 4.69) is 14.9 Å². The van der Waals surface area contributed by atoms with Crippen LogP contribution in [0.5, 0.6) is 0 Å². The summed E-state index contributed by atoms with van der Waals surface area (Å²) in [4.78, 5) is 37.5. The van der Waals surface area contributed by atoms with Gasteiger partial charge in [-0.2, -0.15) is 13.2 Å². The maximum Gasteiger partial charge on any atom is 0.451 e. The number of alkyl halides is 3. The fourth-order valence-corrected chi connectivity index (χ4v) is 5.04. The van der Waals surface area contributed by atoms with Crippen LogP contribution in [-0.2, 0) is 6.18 Å². The van der Waals surface area contributed by atoms with Gasteiger partial charge >= 0.3 is 12.1 Å². The predicted octanol–water partition coefficient (Wildman–Crippen LogP) is 4.04. The van der Waals surface area contributed by atoms with Crippen molar-refractivity contribution in [1.29, 1.82) is 0 Å². The number of halogens is 4. The van der Waals surface area contributed by atoms with Crippen molar-refractivity contribution in [3.63, 3.8) is 0 Å². The van der Waals surface area contributed by atoms with Gasteiger partial charge in [0.25, 0.3) is 5.91 Å². The van der Waals surface area contributed by atoms with E-state index in [1.807, 2.05) is 0 Å². The first-order valence-electron chi connectivity index (χ1n) is 11.8. The van der Waals surface area contributed by atoms with Crippen molar-refractivity contribution >= 4 is 40.2 Å². The molecule has 2 saturated heterocycles. The van der Waals surface area contributed by atoms with Crippen LogP contribution in [0.3, 0.4) is 0 Å². The quantitative estimate of drug-likeness (QED) is 0.541. The Balaban J connectivity index is 1.32. The summed E-state index contributed by atoms with van der Waals surface area (Å²) in [6.45, 7) is 3.25. The van der Waals surface area contributed by atoms with Crippen molar-refractivity contribution in [2.24, 2.45) is 0 Å². The summed E-state index contributed by atoms with van der Waals surface area (Å²) in [6.07, 6.45) is -4.03. The lowest BCUT2D eigenvalue weighted by Gasteiger charge is -2.38. The third-order valence-electron chi connectivity index (χ3n) is 6.85. The minimum absolute atomic E-state index is 0.0418. The van der Waals surface area contributed by atoms with E-state index in [1.54, 1.807) is 34.1 Å². The number of carboxylic acid groups (broad SMARTS) is 1. The van der Waals surface area contributed by atoms with E-state index in [0.29, 0.717) is 56.3 Å². The third-order valence-corrected chi connectivity index (χ3v) is 7.10. The maximum atomic E-state index is 13.5. The molecule has 2 aromatic carbocycles. The van der Waals surface area contributed by atoms with Gasteiger partial charge in [-0.3, -0.25) is 9.69 Å². The van der Waals surface area contributed by atoms with Gasteiger partial charge in [0.05, 0.1) is 11.1 Å². The zero-order valence-corrected chi connectivity index (χ0v) is 20.3. The van der Waals surface area contributed by atoms with Crippen LogP contribution < -0.4 is 4.90 Å². The molecular formula is C25H23ClF3N5O3. The van der Waals surface area contributed by atoms with Gasteiger partial charge in [-0.25, -0.2) is 14.8 Å². The van der Waals surface area contributed by atoms with Crippen molar-refractivity contribution in [3.8, 4) is 0 Å². The minimum atomic E-state index is -4.74. The molecule has 2 aliphatic heterocycles. The van der Waals surface area contributed by atoms with Gasteiger partial charge < -0.3 is 14.9 Å². The SMILES string of the molecule is O=C(O)c1ccc2nc(C(F)(F)F)nc(N3CCC(N4CCN(C(=O)c5ccc(Cl)cc5)CC4)C3)c2c1. The van der Waals surface area contributed by atoms with Gasteiger partial charge in [-0.15, -0.1) is 0 Å². The molecule has 0 radical (unpaired) electrons. The molecule has 3 heterocycles. The molecule has 0 saturated carbocycles. The monoisotopic (exact) mass is 533 g/mol. The van der Waals surface area contributed by atoms with Crippen LogP contribution in [0.1, 0.15) is 33.0 Å². The van der Waals surface area contributed by atoms with Gasteiger partial charge in [0, 0.05) is 61.3 Å². The minimum Gasteiger partial charge on any atom is -0.478 e. The summed E-state index contributed by atoms with van der Waals surface area (Å²) in [5.74, 6) is -2.42. The average molecular weight is 534 g/mol. The number of rotatable bonds is 4. The molecule has 1 N–H and O–H groups in total. The molecule has 2 fully saturated rings. The Kier molecular flexibility index (Phi) is 6.67. The summed E-state index contributed by atoms with van der Waals surface area (Å²) in [6, 6.07) is 10.7. The Morgan fingerprint density at radius 1 is 0.946 bits per heavy atom. The first kappa shape index (κ1) is 25.2. The Morgan fingerprint density at radius 3 is 2.27 bits per heavy atom. The second kappa shape index (κ2) is 9.79. The second-order valence-electron chi connectivity index (χ2n) is 9.13. The zero-order chi connectivity index (χ0) is 26.3. The van der Waals surface area contributed by atoms with E-state index >= 15 is 0 Å². The molecule has 0 spiro atoms. The lowest BCUT2D eigenvalue weighted by molar-refractivity contribution is -0.144. The zero-order valence-electron chi connectivity index (χ0n) is 19.6. The number of amides is 1. The van der Waals surface area contributed by atoms with Gasteiger partial charge in [0.2, 0.25) is 5.82 Å². The molecule has 37 heavy (non-hydrogen) atoms. The smallest absolute Gasteiger partial charge is 0.451 e. The molecule has 3 aromatic rings. The van der Waals surface area contributed by atoms with Crippen molar-refractivity contribution in [2.45, 2.75) is 18.6 Å². The van der Waals surface area contributed by atoms with E-state index < -0.39 is 18.0 Å². The van der Waals surface area contributed by atoms with Crippen LogP contribution in [-0.4, -0.2) is 82.1 Å². The Morgan fingerprint density at radius 2 is 1.62 bits per heavy atom. The maximum absolute atomic E-state index is 13.5. The molecule has 12 heteroatoms. The van der Waals surface area contributed by atoms with Gasteiger partial charge in [-0.05, 0) is 48.9 Å². The van der Waals surface area contributed by atoms with Crippen LogP contribution in [0.4, 0.5) is 19.0 Å². The number of hydrogen-bond acceptors (Lipinski definition) is 6. The number of carboxylic acids is 1. The van der Waals surface area contributed by atoms with E-state index in [9.17, 15) is 27.9 Å². The fourth-order valence-electron chi connectivity index (χ4n) is 4.91. The molecule has 1 unspecified atom stereocenters. The summed E-state index contributed by atoms with van der Waals surface area (Å²) in [5, 5.41) is 10.2. The highest BCUT2D eigenvalue weighted by Gasteiger charge is 2.38. The number of carbonyl (C=O) groups is 2. The number of aromatic nitrogens is 2. The average Bonchev–Trinajstić information content (AvgIpc) is 3.37. The molecular weight excluding hydrogens is 511 g/mol. The van der Waals surface area contributed by atoms with E-state index in [0.717, 1.165) is 0 Å². The van der Waals surface area contributed by atoms with Crippen molar-refractivity contribution in [2.75, 3.05) is 44.2 Å². The molecule has 2 aliphatic rings. The molecule has 0 aliphatic carbocycles. The van der Waals surface area contributed by atoms with E-state index in [-0.39, 0.29) is 34.2 Å². The molecule has 0 bridgehead atoms. The van der Waals surface area contributed by atoms with E-state index in [1.165, 1.54) is 18.2 Å². The first-order chi connectivity index (χ1) is 17.6. The number of anilines is 1. The highest BCUT2D eigenvalue weighted by atomic mass is 35.5. The van der Waals surface area contributed by atoms with Gasteiger partial charge in [0.15, 0.2) is 0 Å². The van der Waals surface area contributed by atoms with Crippen molar-refractivity contribution in [3.05, 3.63) is 64.4 Å². The van der Waals surface area contributed by atoms with Crippen LogP contribution in [0.15, 0.2) is 42.5 Å². The largest absolute Gasteiger partial charge is 0.478 e. The fraction of sp³-hybridized carbons (Fsp3) is 0.360. The summed E-state index contributed by atoms with van der Waals surface area (Å²) < 4.78 is 40.6. The molecule has 1 aromatic heterocycles. The first-order valence-corrected chi connectivity index (χ1v) is 12.1. The van der Waals surface area contributed by atoms with Crippen molar-refractivity contribution in [1.82, 2.24) is 19.8 Å². The predicted molar refractivity (Wildman–Crippen MR) is 131 cm³/mol. The molecule has 1 atom stereocenters. The highest BCUT2D eigenvalue weighted by molar-refractivity contribution is 6.30. The van der Waals surface area contributed by atoms with Gasteiger partial charge in [0.1, 0.15) is 5.82 Å². The number of piperazine rings is 1. The summed E-state index contributed by atoms with van der Waals surface area (Å²) in [5.41, 5.74) is 0.566. The lowest BCUT2D eigenvalue weighted by Crippen LogP contribution is -2.52. The highest BCUT2D eigenvalue weighted by Crippen LogP contribution is 2.34. The van der Waals surface area contributed by atoms with E-state index in [4.69, 9.17) is 11.6 Å². The number of nitrogens with zero attached hydrogens (tertiary/aromatic N) is 5. The number of aromatic carboxylic acids is 1. The topological polar surface area (TPSA) is 89.9 Å². The number of hydrogen-bond donors (Lipinski definition) is 1. The Hall–Kier alpha value is -3.44. The third kappa shape index (κ3) is 5.19. The number of fused-ring (bicyclic) bond motifs is 1. The molecule has 1 amide bonds. The van der Waals surface area contributed by atoms with Gasteiger partial charge in [-0.1, -0.05) is 11.6 Å². The molecule has 8 nitrogen and oxygen atoms in total. The summed E-state index contributed by atoms with van der Waals surface area (Å²) >= 11 is 5.91.